The number of phosphoric ester groups is 1. The number of phosphoric acid groups is 1. The standard InChI is InChI=1S/C65H126NO8P/c1-6-8-10-12-14-16-18-20-22-24-26-28-30-32-33-34-36-38-40-42-44-46-48-50-52-54-56-58-65(68)74-63(62-73-75(69,70)72-60-59-66(3,4)5)61-71-64(67)57-55-53-51-49-47-45-43-41-39-37-35-31-29-27-25-23-21-19-17-15-13-11-9-7-2/h18,20,24,26,63H,6-17,19,21-23,25,27-62H2,1-5H3/b20-18-,26-24-. The van der Waals surface area contributed by atoms with Gasteiger partial charge < -0.3 is 27.9 Å². The zero-order valence-corrected chi connectivity index (χ0v) is 51.4. The second kappa shape index (κ2) is 57.2. The molecule has 10 heteroatoms. The van der Waals surface area contributed by atoms with E-state index < -0.39 is 26.5 Å². The Balaban J connectivity index is 4.05. The highest BCUT2D eigenvalue weighted by molar-refractivity contribution is 7.45. The Morgan fingerprint density at radius 2 is 0.720 bits per heavy atom. The van der Waals surface area contributed by atoms with E-state index in [0.717, 1.165) is 38.5 Å². The summed E-state index contributed by atoms with van der Waals surface area (Å²) in [6.07, 6.45) is 69.5. The SMILES string of the molecule is CCCCCCC/C=C\C/C=C\CCCCCCCCCCCCCCCCCC(=O)OC(COC(=O)CCCCCCCCCCCCCCCCCCCCCCCCCC)COP(=O)([O-])OCC[N+](C)(C)C. The van der Waals surface area contributed by atoms with E-state index in [1.807, 2.05) is 21.1 Å². The van der Waals surface area contributed by atoms with Gasteiger partial charge >= 0.3 is 11.9 Å². The lowest BCUT2D eigenvalue weighted by Crippen LogP contribution is -2.37. The van der Waals surface area contributed by atoms with Crippen LogP contribution < -0.4 is 4.89 Å². The van der Waals surface area contributed by atoms with Crippen molar-refractivity contribution < 1.29 is 42.1 Å². The Morgan fingerprint density at radius 1 is 0.413 bits per heavy atom. The second-order valence-corrected chi connectivity index (χ2v) is 24.9. The van der Waals surface area contributed by atoms with Gasteiger partial charge in [-0.2, -0.15) is 0 Å². The number of rotatable bonds is 61. The number of unbranched alkanes of at least 4 members (excludes halogenated alkanes) is 43. The molecule has 0 spiro atoms. The molecule has 0 aliphatic carbocycles. The highest BCUT2D eigenvalue weighted by Gasteiger charge is 2.22. The first-order valence-electron chi connectivity index (χ1n) is 32.5. The van der Waals surface area contributed by atoms with Crippen LogP contribution in [0.5, 0.6) is 0 Å². The number of carbonyl (C=O) groups excluding carboxylic acids is 2. The maximum absolute atomic E-state index is 12.8. The third-order valence-corrected chi connectivity index (χ3v) is 15.7. The third kappa shape index (κ3) is 61.6. The fourth-order valence-corrected chi connectivity index (χ4v) is 10.4. The summed E-state index contributed by atoms with van der Waals surface area (Å²) in [7, 11) is 1.19. The number of esters is 2. The molecule has 0 radical (unpaired) electrons. The van der Waals surface area contributed by atoms with E-state index in [9.17, 15) is 19.0 Å². The lowest BCUT2D eigenvalue weighted by Gasteiger charge is -2.28. The van der Waals surface area contributed by atoms with Crippen LogP contribution in [0.25, 0.3) is 0 Å². The minimum Gasteiger partial charge on any atom is -0.756 e. The molecule has 75 heavy (non-hydrogen) atoms. The molecule has 444 valence electrons. The molecule has 0 aliphatic heterocycles. The molecule has 0 bridgehead atoms. The number of carbonyl (C=O) groups is 2. The molecule has 0 aromatic carbocycles. The van der Waals surface area contributed by atoms with Crippen molar-refractivity contribution in [3.8, 4) is 0 Å². The smallest absolute Gasteiger partial charge is 0.306 e. The van der Waals surface area contributed by atoms with Gasteiger partial charge in [0.25, 0.3) is 7.82 Å². The molecule has 9 nitrogen and oxygen atoms in total. The number of ether oxygens (including phenoxy) is 2. The van der Waals surface area contributed by atoms with Crippen molar-refractivity contribution >= 4 is 19.8 Å². The number of hydrogen-bond donors (Lipinski definition) is 0. The molecule has 0 fully saturated rings. The number of hydrogen-bond acceptors (Lipinski definition) is 8. The lowest BCUT2D eigenvalue weighted by atomic mass is 10.0. The second-order valence-electron chi connectivity index (χ2n) is 23.5. The fraction of sp³-hybridized carbons (Fsp3) is 0.908. The minimum absolute atomic E-state index is 0.0274. The summed E-state index contributed by atoms with van der Waals surface area (Å²) in [6, 6.07) is 0. The van der Waals surface area contributed by atoms with Gasteiger partial charge in [-0.3, -0.25) is 14.2 Å². The van der Waals surface area contributed by atoms with Crippen LogP contribution in [0.4, 0.5) is 0 Å². The van der Waals surface area contributed by atoms with Crippen LogP contribution in [0.15, 0.2) is 24.3 Å². The summed E-state index contributed by atoms with van der Waals surface area (Å²) in [4.78, 5) is 38.0. The van der Waals surface area contributed by atoms with Gasteiger partial charge in [0.15, 0.2) is 6.10 Å². The molecule has 2 atom stereocenters. The summed E-state index contributed by atoms with van der Waals surface area (Å²) in [5.41, 5.74) is 0. The summed E-state index contributed by atoms with van der Waals surface area (Å²) in [5.74, 6) is -0.812. The molecule has 0 aromatic heterocycles. The van der Waals surface area contributed by atoms with Crippen LogP contribution in [0.1, 0.15) is 328 Å². The van der Waals surface area contributed by atoms with Crippen LogP contribution in [0.3, 0.4) is 0 Å². The van der Waals surface area contributed by atoms with E-state index in [1.165, 1.54) is 257 Å². The largest absolute Gasteiger partial charge is 0.756 e. The monoisotopic (exact) mass is 1080 g/mol. The van der Waals surface area contributed by atoms with Gasteiger partial charge in [-0.25, -0.2) is 0 Å². The highest BCUT2D eigenvalue weighted by atomic mass is 31.2. The van der Waals surface area contributed by atoms with Crippen molar-refractivity contribution in [2.45, 2.75) is 335 Å². The molecule has 0 aliphatic rings. The zero-order valence-electron chi connectivity index (χ0n) is 50.5. The van der Waals surface area contributed by atoms with E-state index in [0.29, 0.717) is 17.4 Å². The van der Waals surface area contributed by atoms with Crippen molar-refractivity contribution in [3.05, 3.63) is 24.3 Å². The quantitative estimate of drug-likeness (QED) is 0.0195. The molecule has 0 saturated heterocycles. The van der Waals surface area contributed by atoms with Gasteiger partial charge in [0.05, 0.1) is 27.7 Å². The predicted octanol–water partition coefficient (Wildman–Crippen LogP) is 19.9. The molecule has 0 N–H and O–H groups in total. The van der Waals surface area contributed by atoms with Crippen molar-refractivity contribution in [1.29, 1.82) is 0 Å². The topological polar surface area (TPSA) is 111 Å². The van der Waals surface area contributed by atoms with Gasteiger partial charge in [0, 0.05) is 12.8 Å². The summed E-state index contributed by atoms with van der Waals surface area (Å²) in [6.45, 7) is 4.30. The van der Waals surface area contributed by atoms with Crippen molar-refractivity contribution in [1.82, 2.24) is 0 Å². The Bertz CT molecular complexity index is 1320. The molecular weight excluding hydrogens is 954 g/mol. The fourth-order valence-electron chi connectivity index (χ4n) is 9.69. The van der Waals surface area contributed by atoms with Gasteiger partial charge in [-0.15, -0.1) is 0 Å². The van der Waals surface area contributed by atoms with Crippen LogP contribution in [-0.2, 0) is 32.7 Å². The normalized spacial score (nSPS) is 13.3. The van der Waals surface area contributed by atoms with Crippen LogP contribution in [-0.4, -0.2) is 70.0 Å². The van der Waals surface area contributed by atoms with Gasteiger partial charge in [-0.1, -0.05) is 295 Å². The average molecular weight is 1080 g/mol. The van der Waals surface area contributed by atoms with Crippen molar-refractivity contribution in [3.63, 3.8) is 0 Å². The van der Waals surface area contributed by atoms with E-state index in [-0.39, 0.29) is 32.0 Å². The molecule has 2 unspecified atom stereocenters. The molecular formula is C65H126NO8P. The van der Waals surface area contributed by atoms with Crippen molar-refractivity contribution in [2.24, 2.45) is 0 Å². The van der Waals surface area contributed by atoms with Gasteiger partial charge in [-0.05, 0) is 44.9 Å². The maximum atomic E-state index is 12.8. The van der Waals surface area contributed by atoms with Crippen LogP contribution >= 0.6 is 7.82 Å². The first-order valence-corrected chi connectivity index (χ1v) is 34.0. The average Bonchev–Trinajstić information content (AvgIpc) is 3.37. The maximum Gasteiger partial charge on any atom is 0.306 e. The molecule has 0 rings (SSSR count). The highest BCUT2D eigenvalue weighted by Crippen LogP contribution is 2.38. The van der Waals surface area contributed by atoms with Gasteiger partial charge in [0.1, 0.15) is 19.8 Å². The summed E-state index contributed by atoms with van der Waals surface area (Å²) in [5, 5.41) is 0. The Labute approximate surface area is 466 Å². The first kappa shape index (κ1) is 73.5. The number of likely N-dealkylation sites (N-methyl/N-ethyl adjacent to an activating group) is 1. The molecule has 0 amide bonds. The Kier molecular flexibility index (Phi) is 56.0. The lowest BCUT2D eigenvalue weighted by molar-refractivity contribution is -0.870. The van der Waals surface area contributed by atoms with Crippen molar-refractivity contribution in [2.75, 3.05) is 47.5 Å². The van der Waals surface area contributed by atoms with Crippen LogP contribution in [0.2, 0.25) is 0 Å². The number of quaternary nitrogens is 1. The third-order valence-electron chi connectivity index (χ3n) is 14.7. The number of nitrogens with zero attached hydrogens (tertiary/aromatic N) is 1. The van der Waals surface area contributed by atoms with E-state index in [2.05, 4.69) is 38.2 Å². The minimum atomic E-state index is -4.63. The molecule has 0 heterocycles. The summed E-state index contributed by atoms with van der Waals surface area (Å²) >= 11 is 0. The predicted molar refractivity (Wildman–Crippen MR) is 319 cm³/mol. The molecule has 0 saturated carbocycles. The van der Waals surface area contributed by atoms with E-state index in [4.69, 9.17) is 18.5 Å². The molecule has 0 aromatic rings. The van der Waals surface area contributed by atoms with Gasteiger partial charge in [0.2, 0.25) is 0 Å². The zero-order chi connectivity index (χ0) is 54.9. The number of allylic oxidation sites excluding steroid dienone is 4. The Morgan fingerprint density at radius 3 is 1.05 bits per heavy atom. The summed E-state index contributed by atoms with van der Waals surface area (Å²) < 4.78 is 34.3. The first-order chi connectivity index (χ1) is 36.5. The van der Waals surface area contributed by atoms with E-state index >= 15 is 0 Å². The Hall–Kier alpha value is -1.51. The van der Waals surface area contributed by atoms with Crippen LogP contribution in [0, 0.1) is 0 Å². The van der Waals surface area contributed by atoms with E-state index in [1.54, 1.807) is 0 Å².